The van der Waals surface area contributed by atoms with E-state index in [2.05, 4.69) is 42.5 Å². The normalized spacial score (nSPS) is 12.6. The Hall–Kier alpha value is -3.34. The lowest BCUT2D eigenvalue weighted by Crippen LogP contribution is -2.28. The molecule has 0 spiro atoms. The van der Waals surface area contributed by atoms with Crippen molar-refractivity contribution in [2.45, 2.75) is 19.1 Å². The van der Waals surface area contributed by atoms with Crippen LogP contribution in [0.2, 0.25) is 0 Å². The summed E-state index contributed by atoms with van der Waals surface area (Å²) in [4.78, 5) is 25.3. The van der Waals surface area contributed by atoms with E-state index >= 15 is 0 Å². The molecule has 0 aliphatic carbocycles. The number of nitrogens with one attached hydrogen (secondary N) is 2. The molecule has 0 radical (unpaired) electrons. The van der Waals surface area contributed by atoms with Crippen molar-refractivity contribution in [1.82, 2.24) is 0 Å². The molecule has 3 aromatic carbocycles. The number of rotatable bonds is 9. The van der Waals surface area contributed by atoms with Crippen LogP contribution in [0.25, 0.3) is 0 Å². The Balaban J connectivity index is 1.86. The number of aromatic hydroxyl groups is 1. The zero-order valence-corrected chi connectivity index (χ0v) is 22.5. The van der Waals surface area contributed by atoms with Crippen LogP contribution in [0.15, 0.2) is 87.8 Å². The van der Waals surface area contributed by atoms with Gasteiger partial charge in [0.1, 0.15) is 11.9 Å². The molecule has 0 aliphatic rings. The second-order valence-electron chi connectivity index (χ2n) is 7.52. The van der Waals surface area contributed by atoms with E-state index in [1.54, 1.807) is 67.6 Å². The number of anilines is 3. The second-order valence-corrected chi connectivity index (χ2v) is 9.35. The van der Waals surface area contributed by atoms with Crippen molar-refractivity contribution in [2.75, 3.05) is 23.0 Å². The number of hydrogen-bond donors (Lipinski definition) is 4. The zero-order valence-electron chi connectivity index (χ0n) is 19.3. The van der Waals surface area contributed by atoms with Gasteiger partial charge >= 0.3 is 6.09 Å². The van der Waals surface area contributed by atoms with Crippen molar-refractivity contribution >= 4 is 60.9 Å². The molecule has 188 valence electrons. The highest BCUT2D eigenvalue weighted by Gasteiger charge is 2.29. The first kappa shape index (κ1) is 27.3. The van der Waals surface area contributed by atoms with E-state index in [1.807, 2.05) is 0 Å². The maximum Gasteiger partial charge on any atom is 0.412 e. The maximum atomic E-state index is 12.8. The number of para-hydroxylation sites is 2. The molecule has 2 amide bonds. The summed E-state index contributed by atoms with van der Waals surface area (Å²) in [6.07, 6.45) is -0.00416. The van der Waals surface area contributed by atoms with Crippen molar-refractivity contribution in [2.24, 2.45) is 0 Å². The van der Waals surface area contributed by atoms with Gasteiger partial charge in [-0.15, -0.1) is 0 Å². The summed E-state index contributed by atoms with van der Waals surface area (Å²) in [7, 11) is 0. The maximum absolute atomic E-state index is 12.8. The summed E-state index contributed by atoms with van der Waals surface area (Å²) in [5, 5.41) is 15.9. The van der Waals surface area contributed by atoms with Gasteiger partial charge in [0.05, 0.1) is 11.4 Å². The van der Waals surface area contributed by atoms with Gasteiger partial charge in [-0.25, -0.2) is 4.79 Å². The number of halogens is 2. The van der Waals surface area contributed by atoms with Crippen LogP contribution in [0, 0.1) is 0 Å². The fourth-order valence-electron chi connectivity index (χ4n) is 3.26. The van der Waals surface area contributed by atoms with Gasteiger partial charge < -0.3 is 25.6 Å². The van der Waals surface area contributed by atoms with Crippen LogP contribution >= 0.6 is 31.9 Å². The van der Waals surface area contributed by atoms with E-state index < -0.39 is 24.2 Å². The SMILES string of the molecule is CCO[C@@H](/C=C/C(=O)Nc1ccccc1N)[C@@H](OC(=O)Nc1ccc(Br)cc1)c1cc(Br)ccc1O. The Morgan fingerprint density at radius 3 is 2.42 bits per heavy atom. The number of carbonyl (C=O) groups is 2. The fraction of sp³-hybridized carbons (Fsp3) is 0.154. The van der Waals surface area contributed by atoms with E-state index in [9.17, 15) is 14.7 Å². The van der Waals surface area contributed by atoms with Gasteiger partial charge in [-0.05, 0) is 67.6 Å². The smallest absolute Gasteiger partial charge is 0.412 e. The molecule has 0 bridgehead atoms. The third-order valence-corrected chi connectivity index (χ3v) is 5.96. The van der Waals surface area contributed by atoms with Gasteiger partial charge in [0.15, 0.2) is 6.10 Å². The van der Waals surface area contributed by atoms with Crippen LogP contribution < -0.4 is 16.4 Å². The Kier molecular flexibility index (Phi) is 9.92. The number of benzene rings is 3. The van der Waals surface area contributed by atoms with Gasteiger partial charge in [0.2, 0.25) is 5.91 Å². The molecular weight excluding hydrogens is 594 g/mol. The van der Waals surface area contributed by atoms with Crippen LogP contribution in [0.4, 0.5) is 21.9 Å². The third-order valence-electron chi connectivity index (χ3n) is 4.93. The molecule has 0 unspecified atom stereocenters. The van der Waals surface area contributed by atoms with Crippen LogP contribution in [0.3, 0.4) is 0 Å². The van der Waals surface area contributed by atoms with Crippen molar-refractivity contribution < 1.29 is 24.2 Å². The lowest BCUT2D eigenvalue weighted by Gasteiger charge is -2.26. The molecule has 0 heterocycles. The zero-order chi connectivity index (χ0) is 26.1. The van der Waals surface area contributed by atoms with Crippen molar-refractivity contribution in [3.05, 3.63) is 93.4 Å². The molecule has 0 saturated heterocycles. The number of nitrogen functional groups attached to an aromatic ring is 1. The molecule has 0 aliphatic heterocycles. The van der Waals surface area contributed by atoms with E-state index in [1.165, 1.54) is 18.2 Å². The molecule has 2 atom stereocenters. The van der Waals surface area contributed by atoms with Gasteiger partial charge in [-0.1, -0.05) is 44.0 Å². The minimum absolute atomic E-state index is 0.0979. The molecule has 3 aromatic rings. The minimum atomic E-state index is -1.08. The van der Waals surface area contributed by atoms with Crippen molar-refractivity contribution in [3.63, 3.8) is 0 Å². The Labute approximate surface area is 225 Å². The molecule has 36 heavy (non-hydrogen) atoms. The predicted molar refractivity (Wildman–Crippen MR) is 147 cm³/mol. The highest BCUT2D eigenvalue weighted by atomic mass is 79.9. The van der Waals surface area contributed by atoms with Crippen LogP contribution in [-0.2, 0) is 14.3 Å². The Morgan fingerprint density at radius 1 is 1.03 bits per heavy atom. The molecule has 0 saturated carbocycles. The van der Waals surface area contributed by atoms with Gasteiger partial charge in [-0.3, -0.25) is 10.1 Å². The van der Waals surface area contributed by atoms with Gasteiger partial charge in [0, 0.05) is 32.9 Å². The first-order valence-electron chi connectivity index (χ1n) is 10.9. The summed E-state index contributed by atoms with van der Waals surface area (Å²) < 4.78 is 13.1. The molecular formula is C26H25Br2N3O5. The summed E-state index contributed by atoms with van der Waals surface area (Å²) in [5.74, 6) is -0.548. The number of carbonyl (C=O) groups excluding carboxylic acids is 2. The molecule has 0 aromatic heterocycles. The first-order valence-corrected chi connectivity index (χ1v) is 12.5. The monoisotopic (exact) mass is 617 g/mol. The topological polar surface area (TPSA) is 123 Å². The van der Waals surface area contributed by atoms with Crippen LogP contribution in [0.1, 0.15) is 18.6 Å². The number of ether oxygens (including phenoxy) is 2. The van der Waals surface area contributed by atoms with E-state index in [0.717, 1.165) is 4.47 Å². The van der Waals surface area contributed by atoms with Gasteiger partial charge in [0.25, 0.3) is 0 Å². The number of nitrogens with two attached hydrogens (primary N) is 1. The summed E-state index contributed by atoms with van der Waals surface area (Å²) in [5.41, 5.74) is 7.59. The summed E-state index contributed by atoms with van der Waals surface area (Å²) in [6, 6.07) is 18.6. The molecule has 3 rings (SSSR count). The van der Waals surface area contributed by atoms with E-state index in [0.29, 0.717) is 27.1 Å². The lowest BCUT2D eigenvalue weighted by molar-refractivity contribution is -0.112. The fourth-order valence-corrected chi connectivity index (χ4v) is 3.90. The number of phenols is 1. The van der Waals surface area contributed by atoms with Crippen molar-refractivity contribution in [3.8, 4) is 5.75 Å². The number of phenolic OH excluding ortho intramolecular Hbond substituents is 1. The Bertz CT molecular complexity index is 1230. The molecule has 5 N–H and O–H groups in total. The highest BCUT2D eigenvalue weighted by Crippen LogP contribution is 2.34. The predicted octanol–water partition coefficient (Wildman–Crippen LogP) is 6.39. The van der Waals surface area contributed by atoms with Gasteiger partial charge in [-0.2, -0.15) is 0 Å². The van der Waals surface area contributed by atoms with E-state index in [4.69, 9.17) is 15.2 Å². The summed E-state index contributed by atoms with van der Waals surface area (Å²) in [6.45, 7) is 2.02. The molecule has 10 heteroatoms. The average molecular weight is 619 g/mol. The minimum Gasteiger partial charge on any atom is -0.508 e. The number of hydrogen-bond acceptors (Lipinski definition) is 6. The largest absolute Gasteiger partial charge is 0.508 e. The number of amides is 2. The quantitative estimate of drug-likeness (QED) is 0.163. The Morgan fingerprint density at radius 2 is 1.72 bits per heavy atom. The third kappa shape index (κ3) is 7.84. The molecule has 8 nitrogen and oxygen atoms in total. The lowest BCUT2D eigenvalue weighted by atomic mass is 10.0. The highest BCUT2D eigenvalue weighted by molar-refractivity contribution is 9.10. The van der Waals surface area contributed by atoms with Crippen molar-refractivity contribution in [1.29, 1.82) is 0 Å². The second kappa shape index (κ2) is 13.1. The van der Waals surface area contributed by atoms with Crippen LogP contribution in [-0.4, -0.2) is 29.8 Å². The molecule has 0 fully saturated rings. The first-order chi connectivity index (χ1) is 17.3. The van der Waals surface area contributed by atoms with E-state index in [-0.39, 0.29) is 12.4 Å². The summed E-state index contributed by atoms with van der Waals surface area (Å²) >= 11 is 6.73. The van der Waals surface area contributed by atoms with Crippen LogP contribution in [0.5, 0.6) is 5.75 Å². The standard InChI is InChI=1S/C26H25Br2N3O5/c1-2-35-23(13-14-24(33)31-21-6-4-3-5-20(21)29)25(19-15-17(28)9-12-22(19)32)36-26(34)30-18-10-7-16(27)8-11-18/h3-15,23,25,32H,2,29H2,1H3,(H,30,34)(H,31,33)/b14-13+/t23-,25-/m0/s1. The average Bonchev–Trinajstić information content (AvgIpc) is 2.85.